The first-order chi connectivity index (χ1) is 7.06. The van der Waals surface area contributed by atoms with Crippen molar-refractivity contribution in [3.8, 4) is 0 Å². The number of nitrogens with one attached hydrogen (secondary N) is 1. The van der Waals surface area contributed by atoms with Crippen molar-refractivity contribution in [2.75, 3.05) is 27.7 Å². The standard InChI is InChI=1S/C10H19BrN4/c1-12-9(5-6-14(2)3)10-8(11)7-13-15(10)4/h7,9,12H,5-6H2,1-4H3. The molecular weight excluding hydrogens is 256 g/mol. The Kier molecular flexibility index (Phi) is 4.76. The third-order valence-electron chi connectivity index (χ3n) is 2.48. The fourth-order valence-corrected chi connectivity index (χ4v) is 2.24. The number of aromatic nitrogens is 2. The number of aryl methyl sites for hydroxylation is 1. The smallest absolute Gasteiger partial charge is 0.0692 e. The molecule has 1 heterocycles. The van der Waals surface area contributed by atoms with Crippen LogP contribution >= 0.6 is 15.9 Å². The molecule has 0 radical (unpaired) electrons. The summed E-state index contributed by atoms with van der Waals surface area (Å²) in [6.07, 6.45) is 2.91. The highest BCUT2D eigenvalue weighted by Gasteiger charge is 2.16. The summed E-state index contributed by atoms with van der Waals surface area (Å²) in [6.45, 7) is 1.06. The van der Waals surface area contributed by atoms with Crippen LogP contribution in [0.25, 0.3) is 0 Å². The molecule has 0 aliphatic heterocycles. The number of nitrogens with zero attached hydrogens (tertiary/aromatic N) is 3. The molecule has 0 amide bonds. The topological polar surface area (TPSA) is 33.1 Å². The Morgan fingerprint density at radius 3 is 2.67 bits per heavy atom. The molecule has 1 N–H and O–H groups in total. The highest BCUT2D eigenvalue weighted by Crippen LogP contribution is 2.24. The lowest BCUT2D eigenvalue weighted by Crippen LogP contribution is -2.25. The van der Waals surface area contributed by atoms with Crippen LogP contribution in [0.3, 0.4) is 0 Å². The van der Waals surface area contributed by atoms with Gasteiger partial charge in [-0.2, -0.15) is 5.10 Å². The van der Waals surface area contributed by atoms with E-state index in [0.29, 0.717) is 6.04 Å². The van der Waals surface area contributed by atoms with Gasteiger partial charge >= 0.3 is 0 Å². The molecular formula is C10H19BrN4. The van der Waals surface area contributed by atoms with Gasteiger partial charge in [0.2, 0.25) is 0 Å². The van der Waals surface area contributed by atoms with Crippen molar-refractivity contribution in [1.29, 1.82) is 0 Å². The first-order valence-corrected chi connectivity index (χ1v) is 5.85. The summed E-state index contributed by atoms with van der Waals surface area (Å²) in [5.41, 5.74) is 1.21. The Morgan fingerprint density at radius 1 is 1.60 bits per heavy atom. The molecule has 0 spiro atoms. The lowest BCUT2D eigenvalue weighted by Gasteiger charge is -2.19. The lowest BCUT2D eigenvalue weighted by molar-refractivity contribution is 0.361. The van der Waals surface area contributed by atoms with Crippen molar-refractivity contribution in [1.82, 2.24) is 20.0 Å². The second kappa shape index (κ2) is 5.63. The van der Waals surface area contributed by atoms with E-state index in [2.05, 4.69) is 45.3 Å². The zero-order valence-electron chi connectivity index (χ0n) is 9.79. The highest BCUT2D eigenvalue weighted by atomic mass is 79.9. The normalized spacial score (nSPS) is 13.5. The van der Waals surface area contributed by atoms with Gasteiger partial charge in [-0.15, -0.1) is 0 Å². The Balaban J connectivity index is 2.74. The average Bonchev–Trinajstić information content (AvgIpc) is 2.49. The zero-order valence-corrected chi connectivity index (χ0v) is 11.4. The maximum Gasteiger partial charge on any atom is 0.0692 e. The van der Waals surface area contributed by atoms with Crippen LogP contribution in [-0.2, 0) is 7.05 Å². The first-order valence-electron chi connectivity index (χ1n) is 5.05. The molecule has 15 heavy (non-hydrogen) atoms. The molecule has 1 atom stereocenters. The van der Waals surface area contributed by atoms with Crippen molar-refractivity contribution in [3.63, 3.8) is 0 Å². The minimum absolute atomic E-state index is 0.342. The van der Waals surface area contributed by atoms with Crippen molar-refractivity contribution in [3.05, 3.63) is 16.4 Å². The van der Waals surface area contributed by atoms with Gasteiger partial charge in [-0.3, -0.25) is 4.68 Å². The predicted molar refractivity (Wildman–Crippen MR) is 65.9 cm³/mol. The van der Waals surface area contributed by atoms with Gasteiger partial charge in [0.1, 0.15) is 0 Å². The third-order valence-corrected chi connectivity index (χ3v) is 3.09. The monoisotopic (exact) mass is 274 g/mol. The Hall–Kier alpha value is -0.390. The minimum atomic E-state index is 0.342. The number of hydrogen-bond donors (Lipinski definition) is 1. The lowest BCUT2D eigenvalue weighted by atomic mass is 10.1. The number of hydrogen-bond acceptors (Lipinski definition) is 3. The molecule has 0 saturated carbocycles. The van der Waals surface area contributed by atoms with Crippen LogP contribution in [0.4, 0.5) is 0 Å². The molecule has 0 aliphatic rings. The molecule has 5 heteroatoms. The summed E-state index contributed by atoms with van der Waals surface area (Å²) in [6, 6.07) is 0.342. The average molecular weight is 275 g/mol. The van der Waals surface area contributed by atoms with Gasteiger partial charge in [0.05, 0.1) is 22.4 Å². The second-order valence-corrected chi connectivity index (χ2v) is 4.79. The summed E-state index contributed by atoms with van der Waals surface area (Å²) in [5, 5.41) is 7.55. The zero-order chi connectivity index (χ0) is 11.4. The minimum Gasteiger partial charge on any atom is -0.312 e. The molecule has 1 aromatic rings. The summed E-state index contributed by atoms with van der Waals surface area (Å²) in [4.78, 5) is 2.19. The van der Waals surface area contributed by atoms with Crippen LogP contribution in [0.2, 0.25) is 0 Å². The molecule has 86 valence electrons. The number of halogens is 1. The Labute approximate surface area is 99.8 Å². The van der Waals surface area contributed by atoms with Crippen LogP contribution in [0.15, 0.2) is 10.7 Å². The van der Waals surface area contributed by atoms with E-state index in [1.165, 1.54) is 5.69 Å². The summed E-state index contributed by atoms with van der Waals surface area (Å²) < 4.78 is 2.99. The summed E-state index contributed by atoms with van der Waals surface area (Å²) in [7, 11) is 8.13. The van der Waals surface area contributed by atoms with Crippen LogP contribution in [0, 0.1) is 0 Å². The van der Waals surface area contributed by atoms with E-state index in [4.69, 9.17) is 0 Å². The van der Waals surface area contributed by atoms with Gasteiger partial charge in [0.15, 0.2) is 0 Å². The van der Waals surface area contributed by atoms with Gasteiger partial charge in [-0.05, 0) is 50.0 Å². The summed E-state index contributed by atoms with van der Waals surface area (Å²) >= 11 is 3.53. The highest BCUT2D eigenvalue weighted by molar-refractivity contribution is 9.10. The van der Waals surface area contributed by atoms with E-state index in [0.717, 1.165) is 17.4 Å². The number of rotatable bonds is 5. The predicted octanol–water partition coefficient (Wildman–Crippen LogP) is 1.39. The molecule has 1 aromatic heterocycles. The molecule has 1 rings (SSSR count). The van der Waals surface area contributed by atoms with Crippen molar-refractivity contribution < 1.29 is 0 Å². The second-order valence-electron chi connectivity index (χ2n) is 3.93. The Morgan fingerprint density at radius 2 is 2.27 bits per heavy atom. The van der Waals surface area contributed by atoms with E-state index in [9.17, 15) is 0 Å². The maximum atomic E-state index is 4.23. The van der Waals surface area contributed by atoms with Gasteiger partial charge in [0.25, 0.3) is 0 Å². The SMILES string of the molecule is CNC(CCN(C)C)c1c(Br)cnn1C. The Bertz CT molecular complexity index is 289. The van der Waals surface area contributed by atoms with Crippen LogP contribution in [-0.4, -0.2) is 42.4 Å². The van der Waals surface area contributed by atoms with Crippen molar-refractivity contribution in [2.24, 2.45) is 7.05 Å². The fourth-order valence-electron chi connectivity index (χ4n) is 1.62. The maximum absolute atomic E-state index is 4.23. The van der Waals surface area contributed by atoms with Gasteiger partial charge in [0, 0.05) is 7.05 Å². The van der Waals surface area contributed by atoms with Gasteiger partial charge in [-0.25, -0.2) is 0 Å². The third kappa shape index (κ3) is 3.29. The summed E-state index contributed by atoms with van der Waals surface area (Å²) in [5.74, 6) is 0. The van der Waals surface area contributed by atoms with E-state index in [-0.39, 0.29) is 0 Å². The molecule has 0 fully saturated rings. The van der Waals surface area contributed by atoms with Crippen molar-refractivity contribution in [2.45, 2.75) is 12.5 Å². The van der Waals surface area contributed by atoms with Gasteiger partial charge < -0.3 is 10.2 Å². The van der Waals surface area contributed by atoms with E-state index >= 15 is 0 Å². The van der Waals surface area contributed by atoms with Crippen LogP contribution < -0.4 is 5.32 Å². The van der Waals surface area contributed by atoms with Crippen LogP contribution in [0.5, 0.6) is 0 Å². The van der Waals surface area contributed by atoms with Crippen LogP contribution in [0.1, 0.15) is 18.2 Å². The fraction of sp³-hybridized carbons (Fsp3) is 0.700. The molecule has 0 aromatic carbocycles. The molecule has 0 saturated heterocycles. The van der Waals surface area contributed by atoms with E-state index in [1.54, 1.807) is 0 Å². The van der Waals surface area contributed by atoms with Crippen molar-refractivity contribution >= 4 is 15.9 Å². The van der Waals surface area contributed by atoms with E-state index < -0.39 is 0 Å². The first kappa shape index (κ1) is 12.7. The molecule has 0 aliphatic carbocycles. The largest absolute Gasteiger partial charge is 0.312 e. The molecule has 4 nitrogen and oxygen atoms in total. The van der Waals surface area contributed by atoms with Gasteiger partial charge in [-0.1, -0.05) is 0 Å². The molecule has 0 bridgehead atoms. The quantitative estimate of drug-likeness (QED) is 0.881. The molecule has 1 unspecified atom stereocenters. The van der Waals surface area contributed by atoms with E-state index in [1.807, 2.05) is 25.0 Å².